The molecule has 0 radical (unpaired) electrons. The lowest BCUT2D eigenvalue weighted by Crippen LogP contribution is -2.31. The average Bonchev–Trinajstić information content (AvgIpc) is 2.81. The molecule has 0 amide bonds. The Hall–Kier alpha value is -0.570. The summed E-state index contributed by atoms with van der Waals surface area (Å²) in [5.74, 6) is 0.870. The zero-order chi connectivity index (χ0) is 10.5. The van der Waals surface area contributed by atoms with Crippen molar-refractivity contribution in [3.05, 3.63) is 0 Å². The number of carbonyl (C=O) groups excluding carboxylic acids is 1. The van der Waals surface area contributed by atoms with Crippen LogP contribution < -0.4 is 5.32 Å². The Morgan fingerprint density at radius 3 is 2.47 bits per heavy atom. The molecule has 2 aliphatic rings. The fourth-order valence-electron chi connectivity index (χ4n) is 2.53. The Bertz CT molecular complexity index is 206. The molecule has 0 aromatic heterocycles. The Morgan fingerprint density at radius 1 is 1.13 bits per heavy atom. The van der Waals surface area contributed by atoms with Gasteiger partial charge in [-0.25, -0.2) is 0 Å². The first-order chi connectivity index (χ1) is 7.36. The van der Waals surface area contributed by atoms with E-state index >= 15 is 0 Å². The van der Waals surface area contributed by atoms with E-state index in [9.17, 15) is 4.79 Å². The predicted molar refractivity (Wildman–Crippen MR) is 58.5 cm³/mol. The van der Waals surface area contributed by atoms with Crippen molar-refractivity contribution in [3.8, 4) is 0 Å². The van der Waals surface area contributed by atoms with Gasteiger partial charge in [0, 0.05) is 0 Å². The third-order valence-corrected chi connectivity index (χ3v) is 3.61. The van der Waals surface area contributed by atoms with Gasteiger partial charge >= 0.3 is 5.97 Å². The van der Waals surface area contributed by atoms with E-state index in [0.717, 1.165) is 38.8 Å². The van der Waals surface area contributed by atoms with Crippen molar-refractivity contribution in [1.29, 1.82) is 0 Å². The summed E-state index contributed by atoms with van der Waals surface area (Å²) in [6.45, 7) is 2.80. The van der Waals surface area contributed by atoms with E-state index in [1.165, 1.54) is 12.8 Å². The summed E-state index contributed by atoms with van der Waals surface area (Å²) in [5, 5.41) is 3.32. The maximum absolute atomic E-state index is 11.7. The molecule has 0 aromatic carbocycles. The second kappa shape index (κ2) is 5.50. The van der Waals surface area contributed by atoms with Crippen molar-refractivity contribution in [2.45, 2.75) is 38.5 Å². The van der Waals surface area contributed by atoms with Gasteiger partial charge in [0.05, 0.1) is 12.5 Å². The largest absolute Gasteiger partial charge is 0.465 e. The van der Waals surface area contributed by atoms with Gasteiger partial charge in [-0.1, -0.05) is 12.8 Å². The lowest BCUT2D eigenvalue weighted by Gasteiger charge is -2.22. The van der Waals surface area contributed by atoms with Gasteiger partial charge < -0.3 is 10.1 Å². The van der Waals surface area contributed by atoms with E-state index in [0.29, 0.717) is 12.5 Å². The first-order valence-electron chi connectivity index (χ1n) is 6.23. The van der Waals surface area contributed by atoms with Crippen LogP contribution in [0, 0.1) is 11.8 Å². The Kier molecular flexibility index (Phi) is 4.01. The maximum Gasteiger partial charge on any atom is 0.308 e. The summed E-state index contributed by atoms with van der Waals surface area (Å²) in [5.41, 5.74) is 0. The third kappa shape index (κ3) is 3.20. The van der Waals surface area contributed by atoms with Gasteiger partial charge in [0.15, 0.2) is 0 Å². The number of nitrogens with one attached hydrogen (secondary N) is 1. The molecule has 1 aliphatic carbocycles. The topological polar surface area (TPSA) is 38.3 Å². The molecule has 1 heterocycles. The van der Waals surface area contributed by atoms with Crippen LogP contribution in [0.15, 0.2) is 0 Å². The smallest absolute Gasteiger partial charge is 0.308 e. The van der Waals surface area contributed by atoms with Gasteiger partial charge in [-0.05, 0) is 44.7 Å². The van der Waals surface area contributed by atoms with E-state index < -0.39 is 0 Å². The van der Waals surface area contributed by atoms with Gasteiger partial charge in [0.1, 0.15) is 0 Å². The van der Waals surface area contributed by atoms with Crippen LogP contribution in [0.25, 0.3) is 0 Å². The van der Waals surface area contributed by atoms with Gasteiger partial charge in [-0.2, -0.15) is 0 Å². The Labute approximate surface area is 91.6 Å². The summed E-state index contributed by atoms with van der Waals surface area (Å²) in [6, 6.07) is 0. The molecule has 3 heteroatoms. The van der Waals surface area contributed by atoms with Crippen molar-refractivity contribution in [2.24, 2.45) is 11.8 Å². The second-order valence-electron chi connectivity index (χ2n) is 4.80. The summed E-state index contributed by atoms with van der Waals surface area (Å²) in [7, 11) is 0. The van der Waals surface area contributed by atoms with Crippen LogP contribution >= 0.6 is 0 Å². The number of esters is 1. The van der Waals surface area contributed by atoms with Gasteiger partial charge in [-0.3, -0.25) is 4.79 Å². The van der Waals surface area contributed by atoms with E-state index in [1.807, 2.05) is 0 Å². The van der Waals surface area contributed by atoms with E-state index in [2.05, 4.69) is 5.32 Å². The number of hydrogen-bond acceptors (Lipinski definition) is 3. The number of carbonyl (C=O) groups is 1. The molecule has 1 aliphatic heterocycles. The summed E-state index contributed by atoms with van der Waals surface area (Å²) in [6.07, 6.45) is 6.80. The van der Waals surface area contributed by atoms with Crippen molar-refractivity contribution in [2.75, 3.05) is 19.7 Å². The van der Waals surface area contributed by atoms with Crippen LogP contribution in [0.5, 0.6) is 0 Å². The monoisotopic (exact) mass is 211 g/mol. The fourth-order valence-corrected chi connectivity index (χ4v) is 2.53. The zero-order valence-electron chi connectivity index (χ0n) is 9.34. The Balaban J connectivity index is 1.65. The molecule has 2 rings (SSSR count). The number of ether oxygens (including phenoxy) is 1. The molecule has 1 saturated heterocycles. The highest BCUT2D eigenvalue weighted by molar-refractivity contribution is 5.72. The fraction of sp³-hybridized carbons (Fsp3) is 0.917. The molecule has 1 N–H and O–H groups in total. The van der Waals surface area contributed by atoms with Crippen LogP contribution in [0.1, 0.15) is 38.5 Å². The zero-order valence-corrected chi connectivity index (χ0v) is 9.34. The van der Waals surface area contributed by atoms with Crippen LogP contribution in [-0.4, -0.2) is 25.7 Å². The summed E-state index contributed by atoms with van der Waals surface area (Å²) < 4.78 is 5.40. The average molecular weight is 211 g/mol. The van der Waals surface area contributed by atoms with Crippen molar-refractivity contribution < 1.29 is 9.53 Å². The highest BCUT2D eigenvalue weighted by Crippen LogP contribution is 2.26. The van der Waals surface area contributed by atoms with Crippen LogP contribution in [0.4, 0.5) is 0 Å². The lowest BCUT2D eigenvalue weighted by atomic mass is 9.99. The maximum atomic E-state index is 11.7. The molecule has 0 aromatic rings. The first kappa shape index (κ1) is 10.9. The minimum atomic E-state index is 0.0611. The molecule has 2 fully saturated rings. The molecular formula is C12H21NO2. The second-order valence-corrected chi connectivity index (χ2v) is 4.80. The molecule has 0 unspecified atom stereocenters. The number of piperidine rings is 1. The lowest BCUT2D eigenvalue weighted by molar-refractivity contribution is -0.150. The standard InChI is InChI=1S/C12H21NO2/c14-12(11-3-1-2-4-11)15-9-10-5-7-13-8-6-10/h10-11,13H,1-9H2. The van der Waals surface area contributed by atoms with Gasteiger partial charge in [-0.15, -0.1) is 0 Å². The van der Waals surface area contributed by atoms with Crippen molar-refractivity contribution in [1.82, 2.24) is 5.32 Å². The van der Waals surface area contributed by atoms with Gasteiger partial charge in [0.2, 0.25) is 0 Å². The normalized spacial score (nSPS) is 24.3. The van der Waals surface area contributed by atoms with Crippen LogP contribution in [0.2, 0.25) is 0 Å². The minimum absolute atomic E-state index is 0.0611. The number of rotatable bonds is 3. The predicted octanol–water partition coefficient (Wildman–Crippen LogP) is 1.72. The summed E-state index contributed by atoms with van der Waals surface area (Å²) >= 11 is 0. The SMILES string of the molecule is O=C(OCC1CCNCC1)C1CCCC1. The highest BCUT2D eigenvalue weighted by atomic mass is 16.5. The quantitative estimate of drug-likeness (QED) is 0.722. The first-order valence-corrected chi connectivity index (χ1v) is 6.23. The van der Waals surface area contributed by atoms with Crippen LogP contribution in [-0.2, 0) is 9.53 Å². The molecule has 0 atom stereocenters. The van der Waals surface area contributed by atoms with Crippen molar-refractivity contribution in [3.63, 3.8) is 0 Å². The molecular weight excluding hydrogens is 190 g/mol. The summed E-state index contributed by atoms with van der Waals surface area (Å²) in [4.78, 5) is 11.7. The van der Waals surface area contributed by atoms with E-state index in [4.69, 9.17) is 4.74 Å². The third-order valence-electron chi connectivity index (χ3n) is 3.61. The molecule has 1 saturated carbocycles. The number of hydrogen-bond donors (Lipinski definition) is 1. The molecule has 3 nitrogen and oxygen atoms in total. The van der Waals surface area contributed by atoms with Crippen molar-refractivity contribution >= 4 is 5.97 Å². The molecule has 0 bridgehead atoms. The van der Waals surface area contributed by atoms with E-state index in [1.54, 1.807) is 0 Å². The molecule has 15 heavy (non-hydrogen) atoms. The van der Waals surface area contributed by atoms with Gasteiger partial charge in [0.25, 0.3) is 0 Å². The minimum Gasteiger partial charge on any atom is -0.465 e. The Morgan fingerprint density at radius 2 is 1.80 bits per heavy atom. The highest BCUT2D eigenvalue weighted by Gasteiger charge is 2.25. The van der Waals surface area contributed by atoms with E-state index in [-0.39, 0.29) is 11.9 Å². The molecule has 0 spiro atoms. The van der Waals surface area contributed by atoms with Crippen LogP contribution in [0.3, 0.4) is 0 Å². The molecule has 86 valence electrons.